The van der Waals surface area contributed by atoms with E-state index in [4.69, 9.17) is 0 Å². The van der Waals surface area contributed by atoms with Crippen molar-refractivity contribution < 1.29 is 5.11 Å². The van der Waals surface area contributed by atoms with Crippen molar-refractivity contribution in [2.75, 3.05) is 5.32 Å². The van der Waals surface area contributed by atoms with Crippen LogP contribution in [0.15, 0.2) is 36.4 Å². The maximum atomic E-state index is 9.21. The summed E-state index contributed by atoms with van der Waals surface area (Å²) in [4.78, 5) is 2.73. The van der Waals surface area contributed by atoms with E-state index in [1.54, 1.807) is 12.1 Å². The maximum absolute atomic E-state index is 9.21. The summed E-state index contributed by atoms with van der Waals surface area (Å²) in [6.07, 6.45) is 0. The highest BCUT2D eigenvalue weighted by molar-refractivity contribution is 7.12. The van der Waals surface area contributed by atoms with Gasteiger partial charge in [-0.1, -0.05) is 20.8 Å². The second kappa shape index (κ2) is 5.02. The summed E-state index contributed by atoms with van der Waals surface area (Å²) in [6.45, 7) is 7.52. The lowest BCUT2D eigenvalue weighted by Crippen LogP contribution is -2.07. The summed E-state index contributed by atoms with van der Waals surface area (Å²) in [5, 5.41) is 12.6. The van der Waals surface area contributed by atoms with Gasteiger partial charge in [0.1, 0.15) is 5.75 Å². The van der Waals surface area contributed by atoms with Gasteiger partial charge in [0, 0.05) is 22.0 Å². The monoisotopic (exact) mass is 261 g/mol. The van der Waals surface area contributed by atoms with Crippen LogP contribution < -0.4 is 5.32 Å². The normalized spacial score (nSPS) is 11.5. The van der Waals surface area contributed by atoms with E-state index in [2.05, 4.69) is 38.2 Å². The zero-order chi connectivity index (χ0) is 13.2. The number of hydrogen-bond donors (Lipinski definition) is 2. The first-order valence-electron chi connectivity index (χ1n) is 6.07. The van der Waals surface area contributed by atoms with Crippen LogP contribution in [0.4, 0.5) is 5.69 Å². The van der Waals surface area contributed by atoms with E-state index in [1.165, 1.54) is 9.75 Å². The highest BCUT2D eigenvalue weighted by atomic mass is 32.1. The molecule has 0 aliphatic heterocycles. The molecule has 2 N–H and O–H groups in total. The lowest BCUT2D eigenvalue weighted by Gasteiger charge is -2.15. The predicted molar refractivity (Wildman–Crippen MR) is 78.5 cm³/mol. The Balaban J connectivity index is 1.98. The number of benzene rings is 1. The van der Waals surface area contributed by atoms with Crippen molar-refractivity contribution in [1.82, 2.24) is 0 Å². The van der Waals surface area contributed by atoms with Crippen LogP contribution in [-0.2, 0) is 12.0 Å². The van der Waals surface area contributed by atoms with E-state index < -0.39 is 0 Å². The second-order valence-corrected chi connectivity index (χ2v) is 6.58. The molecule has 0 fully saturated rings. The van der Waals surface area contributed by atoms with Gasteiger partial charge in [-0.3, -0.25) is 0 Å². The standard InChI is InChI=1S/C15H19NOS/c1-15(2,3)14-9-8-13(18-14)10-16-11-4-6-12(17)7-5-11/h4-9,16-17H,10H2,1-3H3. The Labute approximate surface area is 112 Å². The summed E-state index contributed by atoms with van der Waals surface area (Å²) >= 11 is 1.85. The van der Waals surface area contributed by atoms with Crippen LogP contribution in [0.1, 0.15) is 30.5 Å². The van der Waals surface area contributed by atoms with E-state index in [0.29, 0.717) is 5.75 Å². The summed E-state index contributed by atoms with van der Waals surface area (Å²) < 4.78 is 0. The Morgan fingerprint density at radius 1 is 1.06 bits per heavy atom. The van der Waals surface area contributed by atoms with Crippen molar-refractivity contribution >= 4 is 17.0 Å². The molecule has 0 saturated heterocycles. The molecule has 0 aliphatic carbocycles. The number of aromatic hydroxyl groups is 1. The van der Waals surface area contributed by atoms with Crippen LogP contribution >= 0.6 is 11.3 Å². The third-order valence-electron chi connectivity index (χ3n) is 2.73. The first kappa shape index (κ1) is 13.0. The molecule has 2 nitrogen and oxygen atoms in total. The highest BCUT2D eigenvalue weighted by Gasteiger charge is 2.15. The van der Waals surface area contributed by atoms with E-state index in [0.717, 1.165) is 12.2 Å². The second-order valence-electron chi connectivity index (χ2n) is 5.42. The molecule has 0 bridgehead atoms. The van der Waals surface area contributed by atoms with Gasteiger partial charge in [-0.05, 0) is 41.8 Å². The van der Waals surface area contributed by atoms with Crippen molar-refractivity contribution in [3.05, 3.63) is 46.2 Å². The number of anilines is 1. The summed E-state index contributed by atoms with van der Waals surface area (Å²) in [5.74, 6) is 0.298. The van der Waals surface area contributed by atoms with Crippen molar-refractivity contribution in [2.45, 2.75) is 32.7 Å². The quantitative estimate of drug-likeness (QED) is 0.804. The number of phenols is 1. The Morgan fingerprint density at radius 2 is 1.72 bits per heavy atom. The van der Waals surface area contributed by atoms with Crippen molar-refractivity contribution in [2.24, 2.45) is 0 Å². The van der Waals surface area contributed by atoms with E-state index in [1.807, 2.05) is 23.5 Å². The SMILES string of the molecule is CC(C)(C)c1ccc(CNc2ccc(O)cc2)s1. The molecule has 18 heavy (non-hydrogen) atoms. The van der Waals surface area contributed by atoms with Gasteiger partial charge < -0.3 is 10.4 Å². The molecule has 3 heteroatoms. The van der Waals surface area contributed by atoms with Crippen molar-refractivity contribution in [1.29, 1.82) is 0 Å². The van der Waals surface area contributed by atoms with Crippen molar-refractivity contribution in [3.63, 3.8) is 0 Å². The minimum atomic E-state index is 0.224. The fraction of sp³-hybridized carbons (Fsp3) is 0.333. The van der Waals surface area contributed by atoms with Crippen LogP contribution in [0.5, 0.6) is 5.75 Å². The zero-order valence-electron chi connectivity index (χ0n) is 11.0. The predicted octanol–water partition coefficient (Wildman–Crippen LogP) is 4.36. The number of hydrogen-bond acceptors (Lipinski definition) is 3. The van der Waals surface area contributed by atoms with E-state index >= 15 is 0 Å². The zero-order valence-corrected chi connectivity index (χ0v) is 11.8. The largest absolute Gasteiger partial charge is 0.508 e. The van der Waals surface area contributed by atoms with Gasteiger partial charge in [-0.15, -0.1) is 11.3 Å². The average molecular weight is 261 g/mol. The number of thiophene rings is 1. The molecule has 0 saturated carbocycles. The molecular weight excluding hydrogens is 242 g/mol. The Kier molecular flexibility index (Phi) is 3.62. The molecule has 0 spiro atoms. The van der Waals surface area contributed by atoms with E-state index in [-0.39, 0.29) is 5.41 Å². The molecule has 0 unspecified atom stereocenters. The molecule has 96 valence electrons. The summed E-state index contributed by atoms with van der Waals surface area (Å²) in [6, 6.07) is 11.5. The molecule has 0 atom stereocenters. The minimum absolute atomic E-state index is 0.224. The molecule has 2 rings (SSSR count). The fourth-order valence-electron chi connectivity index (χ4n) is 1.64. The van der Waals surface area contributed by atoms with Gasteiger partial charge in [-0.25, -0.2) is 0 Å². The minimum Gasteiger partial charge on any atom is -0.508 e. The van der Waals surface area contributed by atoms with Gasteiger partial charge in [0.15, 0.2) is 0 Å². The molecule has 1 heterocycles. The molecule has 0 amide bonds. The molecule has 0 aliphatic rings. The lowest BCUT2D eigenvalue weighted by molar-refractivity contribution is 0.475. The number of rotatable bonds is 3. The first-order chi connectivity index (χ1) is 8.45. The Morgan fingerprint density at radius 3 is 2.28 bits per heavy atom. The fourth-order valence-corrected chi connectivity index (χ4v) is 2.65. The summed E-state index contributed by atoms with van der Waals surface area (Å²) in [5.41, 5.74) is 1.25. The van der Waals surface area contributed by atoms with Crippen LogP contribution in [-0.4, -0.2) is 5.11 Å². The molecule has 1 aromatic heterocycles. The Bertz CT molecular complexity index is 508. The van der Waals surface area contributed by atoms with Crippen LogP contribution in [0.25, 0.3) is 0 Å². The van der Waals surface area contributed by atoms with Gasteiger partial charge >= 0.3 is 0 Å². The van der Waals surface area contributed by atoms with Crippen LogP contribution in [0.3, 0.4) is 0 Å². The lowest BCUT2D eigenvalue weighted by atomic mass is 9.95. The van der Waals surface area contributed by atoms with Crippen LogP contribution in [0, 0.1) is 0 Å². The number of phenolic OH excluding ortho intramolecular Hbond substituents is 1. The average Bonchev–Trinajstić information content (AvgIpc) is 2.77. The Hall–Kier alpha value is -1.48. The first-order valence-corrected chi connectivity index (χ1v) is 6.89. The third kappa shape index (κ3) is 3.26. The molecule has 1 aromatic carbocycles. The molecular formula is C15H19NOS. The smallest absolute Gasteiger partial charge is 0.115 e. The molecule has 2 aromatic rings. The van der Waals surface area contributed by atoms with Gasteiger partial charge in [0.05, 0.1) is 0 Å². The van der Waals surface area contributed by atoms with Crippen LogP contribution in [0.2, 0.25) is 0 Å². The maximum Gasteiger partial charge on any atom is 0.115 e. The molecule has 0 radical (unpaired) electrons. The highest BCUT2D eigenvalue weighted by Crippen LogP contribution is 2.29. The van der Waals surface area contributed by atoms with E-state index in [9.17, 15) is 5.11 Å². The number of nitrogens with one attached hydrogen (secondary N) is 1. The van der Waals surface area contributed by atoms with Gasteiger partial charge in [0.2, 0.25) is 0 Å². The third-order valence-corrected chi connectivity index (χ3v) is 4.25. The van der Waals surface area contributed by atoms with Crippen molar-refractivity contribution in [3.8, 4) is 5.75 Å². The summed E-state index contributed by atoms with van der Waals surface area (Å²) in [7, 11) is 0. The van der Waals surface area contributed by atoms with Gasteiger partial charge in [0.25, 0.3) is 0 Å². The van der Waals surface area contributed by atoms with Gasteiger partial charge in [-0.2, -0.15) is 0 Å². The topological polar surface area (TPSA) is 32.3 Å².